The lowest BCUT2D eigenvalue weighted by Crippen LogP contribution is -2.36. The van der Waals surface area contributed by atoms with Crippen molar-refractivity contribution in [1.29, 1.82) is 0 Å². The molecule has 1 heterocycles. The highest BCUT2D eigenvalue weighted by Gasteiger charge is 2.18. The molecule has 0 unspecified atom stereocenters. The number of methoxy groups -OCH3 is 5. The van der Waals surface area contributed by atoms with Crippen molar-refractivity contribution in [3.63, 3.8) is 0 Å². The van der Waals surface area contributed by atoms with E-state index in [1.165, 1.54) is 22.4 Å². The van der Waals surface area contributed by atoms with Crippen LogP contribution < -0.4 is 28.6 Å². The topological polar surface area (TPSA) is 58.6 Å². The summed E-state index contributed by atoms with van der Waals surface area (Å²) in [6.45, 7) is 23.7. The maximum atomic E-state index is 5.36. The number of ether oxygens (including phenoxy) is 6. The highest BCUT2D eigenvalue weighted by molar-refractivity contribution is 5.54. The Bertz CT molecular complexity index is 1350. The first-order valence-corrected chi connectivity index (χ1v) is 16.9. The number of hydrogen-bond acceptors (Lipinski definition) is 7. The van der Waals surface area contributed by atoms with E-state index in [0.29, 0.717) is 22.7 Å². The van der Waals surface area contributed by atoms with Gasteiger partial charge in [-0.05, 0) is 82.2 Å². The molecule has 1 aliphatic rings. The van der Waals surface area contributed by atoms with Gasteiger partial charge in [0.1, 0.15) is 0 Å². The SMILES string of the molecule is CC(C)(C)c1ccc(N2CCOCC2)cc1.COc1cc(CC(C)(C)C)cc(OC)c1OC.COc1ccc(CC(C)(C)C)cc1OC. The number of benzene rings is 3. The van der Waals surface area contributed by atoms with Gasteiger partial charge in [0.2, 0.25) is 5.75 Å². The molecule has 3 aromatic rings. The first kappa shape index (κ1) is 40.6. The summed E-state index contributed by atoms with van der Waals surface area (Å²) in [5, 5.41) is 0. The van der Waals surface area contributed by atoms with E-state index in [4.69, 9.17) is 28.4 Å². The minimum atomic E-state index is 0.227. The fourth-order valence-electron chi connectivity index (χ4n) is 5.45. The lowest BCUT2D eigenvalue weighted by molar-refractivity contribution is 0.122. The molecule has 4 rings (SSSR count). The second-order valence-corrected chi connectivity index (χ2v) is 15.6. The van der Waals surface area contributed by atoms with E-state index in [2.05, 4.69) is 97.5 Å². The van der Waals surface area contributed by atoms with Gasteiger partial charge in [0.25, 0.3) is 0 Å². The van der Waals surface area contributed by atoms with E-state index >= 15 is 0 Å². The minimum absolute atomic E-state index is 0.227. The highest BCUT2D eigenvalue weighted by Crippen LogP contribution is 2.39. The van der Waals surface area contributed by atoms with E-state index in [9.17, 15) is 0 Å². The Labute approximate surface area is 291 Å². The number of anilines is 1. The molecule has 0 N–H and O–H groups in total. The molecule has 0 bridgehead atoms. The zero-order valence-corrected chi connectivity index (χ0v) is 32.3. The molecule has 0 radical (unpaired) electrons. The Balaban J connectivity index is 0.000000251. The first-order chi connectivity index (χ1) is 22.4. The molecule has 0 saturated carbocycles. The summed E-state index contributed by atoms with van der Waals surface area (Å²) in [5.41, 5.74) is 5.93. The van der Waals surface area contributed by atoms with Crippen LogP contribution in [0.5, 0.6) is 28.7 Å². The second kappa shape index (κ2) is 18.3. The standard InChI is InChI=1S/C14H21NO.C14H22O3.C13H20O2/c1-14(2,3)12-4-6-13(7-5-12)15-8-10-16-11-9-15;1-14(2,3)9-10-7-11(15-4)13(17-6)12(8-10)16-5;1-13(2,3)9-10-6-7-11(14-4)12(8-10)15-5/h4-7H,8-11H2,1-3H3;7-8H,9H2,1-6H3;6-8H,9H2,1-5H3. The quantitative estimate of drug-likeness (QED) is 0.238. The Morgan fingerprint density at radius 1 is 0.542 bits per heavy atom. The Hall–Kier alpha value is -3.58. The van der Waals surface area contributed by atoms with Crippen LogP contribution in [0.25, 0.3) is 0 Å². The van der Waals surface area contributed by atoms with Gasteiger partial charge in [-0.3, -0.25) is 0 Å². The molecule has 7 nitrogen and oxygen atoms in total. The number of rotatable bonds is 8. The predicted molar refractivity (Wildman–Crippen MR) is 200 cm³/mol. The van der Waals surface area contributed by atoms with E-state index < -0.39 is 0 Å². The van der Waals surface area contributed by atoms with Crippen LogP contribution in [-0.4, -0.2) is 61.9 Å². The molecule has 7 heteroatoms. The zero-order valence-electron chi connectivity index (χ0n) is 32.3. The van der Waals surface area contributed by atoms with Gasteiger partial charge < -0.3 is 33.3 Å². The van der Waals surface area contributed by atoms with Crippen LogP contribution in [0.3, 0.4) is 0 Å². The normalized spacial score (nSPS) is 13.3. The third kappa shape index (κ3) is 13.5. The summed E-state index contributed by atoms with van der Waals surface area (Å²) >= 11 is 0. The molecule has 48 heavy (non-hydrogen) atoms. The average Bonchev–Trinajstić information content (AvgIpc) is 3.03. The van der Waals surface area contributed by atoms with Crippen molar-refractivity contribution in [2.75, 3.05) is 66.8 Å². The van der Waals surface area contributed by atoms with Gasteiger partial charge >= 0.3 is 0 Å². The summed E-state index contributed by atoms with van der Waals surface area (Å²) in [6, 6.07) is 19.0. The van der Waals surface area contributed by atoms with Crippen molar-refractivity contribution in [1.82, 2.24) is 0 Å². The number of morpholine rings is 1. The highest BCUT2D eigenvalue weighted by atomic mass is 16.5. The molecule has 1 saturated heterocycles. The lowest BCUT2D eigenvalue weighted by atomic mass is 9.87. The van der Waals surface area contributed by atoms with Gasteiger partial charge in [0, 0.05) is 18.8 Å². The Kier molecular flexibility index (Phi) is 15.4. The molecule has 1 fully saturated rings. The molecule has 0 spiro atoms. The van der Waals surface area contributed by atoms with E-state index in [1.54, 1.807) is 35.5 Å². The molecular weight excluding hydrogens is 602 g/mol. The first-order valence-electron chi connectivity index (χ1n) is 16.9. The molecule has 0 aliphatic carbocycles. The van der Waals surface area contributed by atoms with Crippen molar-refractivity contribution in [3.8, 4) is 28.7 Å². The van der Waals surface area contributed by atoms with Crippen LogP contribution in [0.15, 0.2) is 54.6 Å². The third-order valence-electron chi connectivity index (χ3n) is 7.75. The number of hydrogen-bond donors (Lipinski definition) is 0. The van der Waals surface area contributed by atoms with Crippen molar-refractivity contribution in [3.05, 3.63) is 71.3 Å². The predicted octanol–water partition coefficient (Wildman–Crippen LogP) is 9.41. The average molecular weight is 666 g/mol. The van der Waals surface area contributed by atoms with Crippen LogP contribution in [0.4, 0.5) is 5.69 Å². The van der Waals surface area contributed by atoms with Gasteiger partial charge in [-0.1, -0.05) is 80.5 Å². The van der Waals surface area contributed by atoms with Gasteiger partial charge in [-0.25, -0.2) is 0 Å². The fourth-order valence-corrected chi connectivity index (χ4v) is 5.45. The summed E-state index contributed by atoms with van der Waals surface area (Å²) in [6.07, 6.45) is 2.00. The molecular formula is C41H63NO6. The van der Waals surface area contributed by atoms with Crippen molar-refractivity contribution in [2.45, 2.75) is 80.6 Å². The summed E-state index contributed by atoms with van der Waals surface area (Å²) in [7, 11) is 8.21. The summed E-state index contributed by atoms with van der Waals surface area (Å²) in [4.78, 5) is 2.38. The second-order valence-electron chi connectivity index (χ2n) is 15.6. The van der Waals surface area contributed by atoms with Crippen molar-refractivity contribution >= 4 is 5.69 Å². The van der Waals surface area contributed by atoms with Gasteiger partial charge in [0.05, 0.1) is 48.8 Å². The van der Waals surface area contributed by atoms with Gasteiger partial charge in [0.15, 0.2) is 23.0 Å². The van der Waals surface area contributed by atoms with Gasteiger partial charge in [-0.15, -0.1) is 0 Å². The van der Waals surface area contributed by atoms with E-state index in [-0.39, 0.29) is 10.8 Å². The van der Waals surface area contributed by atoms with Crippen molar-refractivity contribution < 1.29 is 28.4 Å². The minimum Gasteiger partial charge on any atom is -0.493 e. The van der Waals surface area contributed by atoms with Crippen LogP contribution >= 0.6 is 0 Å². The zero-order chi connectivity index (χ0) is 36.1. The smallest absolute Gasteiger partial charge is 0.203 e. The van der Waals surface area contributed by atoms with Crippen molar-refractivity contribution in [2.24, 2.45) is 10.8 Å². The van der Waals surface area contributed by atoms with Gasteiger partial charge in [-0.2, -0.15) is 0 Å². The molecule has 0 aromatic heterocycles. The van der Waals surface area contributed by atoms with E-state index in [0.717, 1.165) is 50.6 Å². The van der Waals surface area contributed by atoms with Crippen LogP contribution in [-0.2, 0) is 23.0 Å². The third-order valence-corrected chi connectivity index (χ3v) is 7.75. The fraction of sp³-hybridized carbons (Fsp3) is 0.561. The van der Waals surface area contributed by atoms with E-state index in [1.807, 2.05) is 24.3 Å². The van der Waals surface area contributed by atoms with Crippen LogP contribution in [0.1, 0.15) is 79.0 Å². The maximum absolute atomic E-state index is 5.36. The summed E-state index contributed by atoms with van der Waals surface area (Å²) < 4.78 is 31.8. The molecule has 1 aliphatic heterocycles. The molecule has 268 valence electrons. The largest absolute Gasteiger partial charge is 0.493 e. The lowest BCUT2D eigenvalue weighted by Gasteiger charge is -2.29. The molecule has 3 aromatic carbocycles. The van der Waals surface area contributed by atoms with Crippen LogP contribution in [0.2, 0.25) is 0 Å². The Morgan fingerprint density at radius 2 is 1.00 bits per heavy atom. The maximum Gasteiger partial charge on any atom is 0.203 e. The van der Waals surface area contributed by atoms with Crippen LogP contribution in [0, 0.1) is 10.8 Å². The summed E-state index contributed by atoms with van der Waals surface area (Å²) in [5.74, 6) is 3.67. The molecule has 0 amide bonds. The monoisotopic (exact) mass is 665 g/mol. The Morgan fingerprint density at radius 3 is 1.42 bits per heavy atom. The molecule has 0 atom stereocenters. The number of nitrogens with zero attached hydrogens (tertiary/aromatic N) is 1.